The molecule has 2 N–H and O–H groups in total. The van der Waals surface area contributed by atoms with E-state index in [1.807, 2.05) is 0 Å². The summed E-state index contributed by atoms with van der Waals surface area (Å²) in [5, 5.41) is 5.06. The molecule has 1 aromatic carbocycles. The van der Waals surface area contributed by atoms with E-state index in [0.29, 0.717) is 11.3 Å². The number of hydrogen-bond donors (Lipinski definition) is 2. The molecular formula is C22H18F3N3O4. The predicted octanol–water partition coefficient (Wildman–Crippen LogP) is 3.70. The highest BCUT2D eigenvalue weighted by Crippen LogP contribution is 2.20. The lowest BCUT2D eigenvalue weighted by molar-refractivity contribution is -0.154. The fourth-order valence-electron chi connectivity index (χ4n) is 2.57. The summed E-state index contributed by atoms with van der Waals surface area (Å²) in [5.41, 5.74) is 0.452. The molecule has 0 aliphatic rings. The molecule has 166 valence electrons. The molecule has 7 nitrogen and oxygen atoms in total. The first kappa shape index (κ1) is 22.6. The Labute approximate surface area is 180 Å². The molecule has 0 aliphatic carbocycles. The van der Waals surface area contributed by atoms with Gasteiger partial charge in [0.05, 0.1) is 6.26 Å². The van der Waals surface area contributed by atoms with Gasteiger partial charge in [-0.3, -0.25) is 9.59 Å². The average Bonchev–Trinajstić information content (AvgIpc) is 3.29. The van der Waals surface area contributed by atoms with Crippen LogP contribution < -0.4 is 15.4 Å². The highest BCUT2D eigenvalue weighted by Gasteiger charge is 2.29. The Hall–Kier alpha value is -4.08. The number of pyridine rings is 1. The maximum Gasteiger partial charge on any atom is 0.422 e. The summed E-state index contributed by atoms with van der Waals surface area (Å²) >= 11 is 0. The van der Waals surface area contributed by atoms with Crippen molar-refractivity contribution in [3.63, 3.8) is 0 Å². The quantitative estimate of drug-likeness (QED) is 0.516. The van der Waals surface area contributed by atoms with E-state index in [1.54, 1.807) is 42.5 Å². The molecule has 0 bridgehead atoms. The maximum atomic E-state index is 12.8. The van der Waals surface area contributed by atoms with Gasteiger partial charge in [0.1, 0.15) is 11.5 Å². The highest BCUT2D eigenvalue weighted by molar-refractivity contribution is 6.05. The standard InChI is InChI=1S/C22H18F3N3O4/c23-22(24,25)14-32-21-16(8-4-10-26-21)13-27-20(30)18(12-17-9-5-11-31-17)28-19(29)15-6-2-1-3-7-15/h1-12H,13-14H2,(H,27,30)(H,28,29). The molecule has 2 aromatic heterocycles. The number of aromatic nitrogens is 1. The van der Waals surface area contributed by atoms with Crippen molar-refractivity contribution in [2.45, 2.75) is 12.7 Å². The van der Waals surface area contributed by atoms with E-state index >= 15 is 0 Å². The van der Waals surface area contributed by atoms with Gasteiger partial charge in [-0.15, -0.1) is 0 Å². The third-order valence-electron chi connectivity index (χ3n) is 4.02. The summed E-state index contributed by atoms with van der Waals surface area (Å²) in [6.07, 6.45) is -0.515. The van der Waals surface area contributed by atoms with Crippen molar-refractivity contribution in [2.75, 3.05) is 6.61 Å². The zero-order chi connectivity index (χ0) is 23.0. The fourth-order valence-corrected chi connectivity index (χ4v) is 2.57. The number of ether oxygens (including phenoxy) is 1. The molecule has 0 radical (unpaired) electrons. The van der Waals surface area contributed by atoms with Crippen LogP contribution in [-0.2, 0) is 11.3 Å². The third-order valence-corrected chi connectivity index (χ3v) is 4.02. The van der Waals surface area contributed by atoms with E-state index in [0.717, 1.165) is 0 Å². The molecule has 0 fully saturated rings. The molecule has 10 heteroatoms. The minimum atomic E-state index is -4.53. The Morgan fingerprint density at radius 1 is 1.06 bits per heavy atom. The van der Waals surface area contributed by atoms with E-state index in [-0.39, 0.29) is 23.7 Å². The lowest BCUT2D eigenvalue weighted by Gasteiger charge is -2.14. The minimum absolute atomic E-state index is 0.115. The number of halogens is 3. The number of alkyl halides is 3. The first-order valence-corrected chi connectivity index (χ1v) is 9.35. The van der Waals surface area contributed by atoms with Crippen molar-refractivity contribution in [3.8, 4) is 5.88 Å². The zero-order valence-electron chi connectivity index (χ0n) is 16.6. The van der Waals surface area contributed by atoms with E-state index in [4.69, 9.17) is 9.15 Å². The highest BCUT2D eigenvalue weighted by atomic mass is 19.4. The topological polar surface area (TPSA) is 93.5 Å². The van der Waals surface area contributed by atoms with Crippen molar-refractivity contribution >= 4 is 17.9 Å². The third kappa shape index (κ3) is 6.73. The van der Waals surface area contributed by atoms with Gasteiger partial charge in [-0.05, 0) is 30.3 Å². The van der Waals surface area contributed by atoms with Gasteiger partial charge < -0.3 is 19.8 Å². The fraction of sp³-hybridized carbons (Fsp3) is 0.136. The molecule has 0 aliphatic heterocycles. The van der Waals surface area contributed by atoms with Crippen LogP contribution in [0.5, 0.6) is 5.88 Å². The van der Waals surface area contributed by atoms with E-state index in [2.05, 4.69) is 15.6 Å². The number of benzene rings is 1. The molecule has 2 amide bonds. The van der Waals surface area contributed by atoms with Crippen LogP contribution in [-0.4, -0.2) is 29.6 Å². The number of nitrogens with one attached hydrogen (secondary N) is 2. The van der Waals surface area contributed by atoms with Gasteiger partial charge in [0, 0.05) is 29.9 Å². The molecule has 2 heterocycles. The number of furan rings is 1. The first-order chi connectivity index (χ1) is 15.3. The van der Waals surface area contributed by atoms with E-state index in [9.17, 15) is 22.8 Å². The summed E-state index contributed by atoms with van der Waals surface area (Å²) in [5.74, 6) is -1.14. The Kier molecular flexibility index (Phi) is 7.27. The SMILES string of the molecule is O=C(NCc1cccnc1OCC(F)(F)F)C(=Cc1ccco1)NC(=O)c1ccccc1. The molecule has 3 rings (SSSR count). The van der Waals surface area contributed by atoms with Gasteiger partial charge in [-0.1, -0.05) is 24.3 Å². The Morgan fingerprint density at radius 3 is 2.53 bits per heavy atom. The Morgan fingerprint density at radius 2 is 1.84 bits per heavy atom. The van der Waals surface area contributed by atoms with Crippen molar-refractivity contribution in [2.24, 2.45) is 0 Å². The summed E-state index contributed by atoms with van der Waals surface area (Å²) in [4.78, 5) is 29.0. The van der Waals surface area contributed by atoms with Crippen LogP contribution in [0.15, 0.2) is 77.2 Å². The minimum Gasteiger partial charge on any atom is -0.468 e. The number of rotatable bonds is 8. The van der Waals surface area contributed by atoms with Gasteiger partial charge in [0.2, 0.25) is 5.88 Å². The number of hydrogen-bond acceptors (Lipinski definition) is 5. The van der Waals surface area contributed by atoms with Crippen molar-refractivity contribution in [3.05, 3.63) is 89.6 Å². The van der Waals surface area contributed by atoms with Gasteiger partial charge in [0.25, 0.3) is 11.8 Å². The van der Waals surface area contributed by atoms with Crippen LogP contribution in [0.2, 0.25) is 0 Å². The maximum absolute atomic E-state index is 12.8. The molecule has 32 heavy (non-hydrogen) atoms. The first-order valence-electron chi connectivity index (χ1n) is 9.35. The van der Waals surface area contributed by atoms with Crippen LogP contribution >= 0.6 is 0 Å². The lowest BCUT2D eigenvalue weighted by atomic mass is 10.2. The summed E-state index contributed by atoms with van der Waals surface area (Å²) in [6, 6.07) is 14.4. The van der Waals surface area contributed by atoms with E-state index < -0.39 is 24.6 Å². The molecule has 0 atom stereocenters. The van der Waals surface area contributed by atoms with Crippen molar-refractivity contribution < 1.29 is 31.9 Å². The lowest BCUT2D eigenvalue weighted by Crippen LogP contribution is -2.34. The summed E-state index contributed by atoms with van der Waals surface area (Å²) < 4.78 is 47.3. The van der Waals surface area contributed by atoms with Crippen molar-refractivity contribution in [1.82, 2.24) is 15.6 Å². The van der Waals surface area contributed by atoms with Crippen LogP contribution in [0.1, 0.15) is 21.7 Å². The second kappa shape index (κ2) is 10.3. The normalized spacial score (nSPS) is 11.7. The molecule has 0 saturated carbocycles. The van der Waals surface area contributed by atoms with Gasteiger partial charge in [-0.25, -0.2) is 4.98 Å². The number of carbonyl (C=O) groups is 2. The van der Waals surface area contributed by atoms with Crippen LogP contribution in [0.25, 0.3) is 6.08 Å². The molecule has 0 saturated heterocycles. The van der Waals surface area contributed by atoms with Gasteiger partial charge >= 0.3 is 6.18 Å². The van der Waals surface area contributed by atoms with Gasteiger partial charge in [-0.2, -0.15) is 13.2 Å². The summed E-state index contributed by atoms with van der Waals surface area (Å²) in [6.45, 7) is -1.70. The monoisotopic (exact) mass is 445 g/mol. The Balaban J connectivity index is 1.73. The van der Waals surface area contributed by atoms with Gasteiger partial charge in [0.15, 0.2) is 6.61 Å². The zero-order valence-corrected chi connectivity index (χ0v) is 16.6. The van der Waals surface area contributed by atoms with Crippen LogP contribution in [0, 0.1) is 0 Å². The van der Waals surface area contributed by atoms with Crippen molar-refractivity contribution in [1.29, 1.82) is 0 Å². The second-order valence-electron chi connectivity index (χ2n) is 6.45. The van der Waals surface area contributed by atoms with E-state index in [1.165, 1.54) is 30.7 Å². The second-order valence-corrected chi connectivity index (χ2v) is 6.45. The molecular weight excluding hydrogens is 427 g/mol. The smallest absolute Gasteiger partial charge is 0.422 e. The number of amides is 2. The molecule has 3 aromatic rings. The molecule has 0 spiro atoms. The average molecular weight is 445 g/mol. The number of nitrogens with zero attached hydrogens (tertiary/aromatic N) is 1. The van der Waals surface area contributed by atoms with Crippen LogP contribution in [0.4, 0.5) is 13.2 Å². The molecule has 0 unspecified atom stereocenters. The summed E-state index contributed by atoms with van der Waals surface area (Å²) in [7, 11) is 0. The Bertz CT molecular complexity index is 1080. The largest absolute Gasteiger partial charge is 0.468 e. The van der Waals surface area contributed by atoms with Crippen LogP contribution in [0.3, 0.4) is 0 Å². The number of carbonyl (C=O) groups excluding carboxylic acids is 2. The predicted molar refractivity (Wildman–Crippen MR) is 108 cm³/mol.